The van der Waals surface area contributed by atoms with Crippen LogP contribution >= 0.6 is 0 Å². The van der Waals surface area contributed by atoms with Crippen molar-refractivity contribution in [3.63, 3.8) is 0 Å². The zero-order valence-electron chi connectivity index (χ0n) is 21.3. The molecule has 4 aromatic carbocycles. The molecule has 0 unspecified atom stereocenters. The summed E-state index contributed by atoms with van der Waals surface area (Å²) >= 11 is 0. The van der Waals surface area contributed by atoms with Crippen LogP contribution in [0.5, 0.6) is 0 Å². The molecule has 0 fully saturated rings. The molecule has 3 aromatic heterocycles. The van der Waals surface area contributed by atoms with Crippen molar-refractivity contribution in [3.8, 4) is 5.69 Å². The van der Waals surface area contributed by atoms with E-state index in [0.717, 1.165) is 66.8 Å². The summed E-state index contributed by atoms with van der Waals surface area (Å²) in [5.41, 5.74) is 8.72. The van der Waals surface area contributed by atoms with E-state index in [9.17, 15) is 0 Å². The number of anilines is 3. The minimum atomic E-state index is 0.780. The molecule has 3 heterocycles. The van der Waals surface area contributed by atoms with Gasteiger partial charge in [-0.05, 0) is 54.6 Å². The van der Waals surface area contributed by atoms with E-state index in [0.29, 0.717) is 0 Å². The van der Waals surface area contributed by atoms with E-state index in [1.165, 1.54) is 0 Å². The highest BCUT2D eigenvalue weighted by molar-refractivity contribution is 6.09. The topological polar surface area (TPSA) is 34.2 Å². The van der Waals surface area contributed by atoms with Gasteiger partial charge in [-0.15, -0.1) is 0 Å². The van der Waals surface area contributed by atoms with Crippen LogP contribution in [-0.4, -0.2) is 9.55 Å². The third-order valence-corrected chi connectivity index (χ3v) is 7.22. The Morgan fingerprint density at radius 3 is 2.05 bits per heavy atom. The first-order valence-corrected chi connectivity index (χ1v) is 12.9. The predicted octanol–water partition coefficient (Wildman–Crippen LogP) is 9.68. The molecule has 0 saturated heterocycles. The summed E-state index contributed by atoms with van der Waals surface area (Å²) in [4.78, 5) is 6.92. The normalized spacial score (nSPS) is 11.3. The number of rotatable bonds is 6. The Kier molecular flexibility index (Phi) is 5.38. The minimum absolute atomic E-state index is 0.780. The fourth-order valence-corrected chi connectivity index (χ4v) is 5.52. The molecule has 4 heteroatoms. The highest BCUT2D eigenvalue weighted by Crippen LogP contribution is 2.40. The second-order valence-electron chi connectivity index (χ2n) is 9.38. The molecule has 7 rings (SSSR count). The van der Waals surface area contributed by atoms with Gasteiger partial charge < -0.3 is 13.9 Å². The fourth-order valence-electron chi connectivity index (χ4n) is 5.52. The van der Waals surface area contributed by atoms with E-state index in [-0.39, 0.29) is 0 Å². The number of para-hydroxylation sites is 3. The van der Waals surface area contributed by atoms with Crippen molar-refractivity contribution in [3.05, 3.63) is 140 Å². The number of hydrogen-bond acceptors (Lipinski definition) is 3. The predicted molar refractivity (Wildman–Crippen MR) is 163 cm³/mol. The molecule has 0 aliphatic rings. The summed E-state index contributed by atoms with van der Waals surface area (Å²) in [6.45, 7) is 8.17. The van der Waals surface area contributed by atoms with Crippen LogP contribution in [0.1, 0.15) is 11.3 Å². The Balaban J connectivity index is 1.48. The SMILES string of the molecule is C=Cc1c(C=C)n(-c2cncc3c2oc2ccc(N(c4ccccc4)c4ccccc4)cc23)c2ccccc12. The summed E-state index contributed by atoms with van der Waals surface area (Å²) < 4.78 is 8.70. The molecular weight excluding hydrogens is 478 g/mol. The molecule has 7 aromatic rings. The van der Waals surface area contributed by atoms with Crippen LogP contribution in [0.3, 0.4) is 0 Å². The molecular formula is C35H25N3O. The maximum absolute atomic E-state index is 6.54. The van der Waals surface area contributed by atoms with E-state index in [2.05, 4.69) is 100 Å². The molecule has 0 amide bonds. The molecule has 0 radical (unpaired) electrons. The Bertz CT molecular complexity index is 1960. The average Bonchev–Trinajstić information content (AvgIpc) is 3.53. The highest BCUT2D eigenvalue weighted by Gasteiger charge is 2.20. The molecule has 39 heavy (non-hydrogen) atoms. The molecule has 0 atom stereocenters. The first-order valence-electron chi connectivity index (χ1n) is 12.9. The van der Waals surface area contributed by atoms with Crippen LogP contribution in [-0.2, 0) is 0 Å². The maximum Gasteiger partial charge on any atom is 0.162 e. The van der Waals surface area contributed by atoms with Crippen molar-refractivity contribution < 1.29 is 4.42 Å². The van der Waals surface area contributed by atoms with Crippen molar-refractivity contribution in [2.75, 3.05) is 4.90 Å². The number of hydrogen-bond donors (Lipinski definition) is 0. The molecule has 0 saturated carbocycles. The van der Waals surface area contributed by atoms with Gasteiger partial charge in [-0.25, -0.2) is 0 Å². The third-order valence-electron chi connectivity index (χ3n) is 7.22. The molecule has 186 valence electrons. The van der Waals surface area contributed by atoms with Gasteiger partial charge in [0.2, 0.25) is 0 Å². The average molecular weight is 504 g/mol. The number of nitrogens with zero attached hydrogens (tertiary/aromatic N) is 3. The fraction of sp³-hybridized carbons (Fsp3) is 0. The van der Waals surface area contributed by atoms with E-state index in [1.54, 1.807) is 0 Å². The van der Waals surface area contributed by atoms with E-state index in [4.69, 9.17) is 4.42 Å². The van der Waals surface area contributed by atoms with Crippen molar-refractivity contribution in [1.82, 2.24) is 9.55 Å². The molecule has 4 nitrogen and oxygen atoms in total. The second kappa shape index (κ2) is 9.19. The van der Waals surface area contributed by atoms with Gasteiger partial charge in [0.25, 0.3) is 0 Å². The summed E-state index contributed by atoms with van der Waals surface area (Å²) in [5, 5.41) is 3.08. The van der Waals surface area contributed by atoms with Gasteiger partial charge in [-0.2, -0.15) is 0 Å². The van der Waals surface area contributed by atoms with Crippen LogP contribution in [0.15, 0.2) is 133 Å². The van der Waals surface area contributed by atoms with Crippen LogP contribution in [0, 0.1) is 0 Å². The summed E-state index contributed by atoms with van der Waals surface area (Å²) in [6.07, 6.45) is 7.50. The lowest BCUT2D eigenvalue weighted by Gasteiger charge is -2.25. The molecule has 0 aliphatic carbocycles. The summed E-state index contributed by atoms with van der Waals surface area (Å²) in [5.74, 6) is 0. The van der Waals surface area contributed by atoms with Crippen LogP contribution < -0.4 is 4.90 Å². The number of pyridine rings is 1. The van der Waals surface area contributed by atoms with Crippen molar-refractivity contribution in [2.45, 2.75) is 0 Å². The highest BCUT2D eigenvalue weighted by atomic mass is 16.3. The van der Waals surface area contributed by atoms with Gasteiger partial charge in [-0.1, -0.05) is 73.8 Å². The summed E-state index contributed by atoms with van der Waals surface area (Å²) in [6, 6.07) is 35.4. The zero-order valence-corrected chi connectivity index (χ0v) is 21.3. The van der Waals surface area contributed by atoms with Crippen molar-refractivity contribution >= 4 is 62.1 Å². The first kappa shape index (κ1) is 22.8. The van der Waals surface area contributed by atoms with Gasteiger partial charge in [0.15, 0.2) is 5.58 Å². The second-order valence-corrected chi connectivity index (χ2v) is 9.38. The first-order chi connectivity index (χ1) is 19.3. The lowest BCUT2D eigenvalue weighted by atomic mass is 10.1. The van der Waals surface area contributed by atoms with E-state index in [1.807, 2.05) is 54.9 Å². The van der Waals surface area contributed by atoms with Crippen LogP contribution in [0.2, 0.25) is 0 Å². The number of furan rings is 1. The van der Waals surface area contributed by atoms with Gasteiger partial charge in [0.1, 0.15) is 11.3 Å². The Hall–Kier alpha value is -5.35. The van der Waals surface area contributed by atoms with E-state index < -0.39 is 0 Å². The van der Waals surface area contributed by atoms with Crippen LogP contribution in [0.25, 0.3) is 50.7 Å². The van der Waals surface area contributed by atoms with Gasteiger partial charge in [0.05, 0.1) is 17.4 Å². The zero-order chi connectivity index (χ0) is 26.3. The lowest BCUT2D eigenvalue weighted by molar-refractivity contribution is 0.665. The molecule has 0 aliphatic heterocycles. The number of fused-ring (bicyclic) bond motifs is 4. The van der Waals surface area contributed by atoms with Crippen molar-refractivity contribution in [1.29, 1.82) is 0 Å². The van der Waals surface area contributed by atoms with Gasteiger partial charge >= 0.3 is 0 Å². The Morgan fingerprint density at radius 1 is 0.667 bits per heavy atom. The van der Waals surface area contributed by atoms with Gasteiger partial charge in [0, 0.05) is 45.0 Å². The summed E-state index contributed by atoms with van der Waals surface area (Å²) in [7, 11) is 0. The maximum atomic E-state index is 6.54. The lowest BCUT2D eigenvalue weighted by Crippen LogP contribution is -2.09. The largest absolute Gasteiger partial charge is 0.454 e. The quantitative estimate of drug-likeness (QED) is 0.226. The minimum Gasteiger partial charge on any atom is -0.454 e. The standard InChI is InChI=1S/C35H25N3O/c1-3-27-28-17-11-12-18-32(28)38(31(27)4-2)33-23-36-22-30-29-21-26(19-20-34(29)39-35(30)33)37(24-13-7-5-8-14-24)25-15-9-6-10-16-25/h3-23H,1-2H2. The monoisotopic (exact) mass is 503 g/mol. The number of aromatic nitrogens is 2. The molecule has 0 N–H and O–H groups in total. The molecule has 0 spiro atoms. The van der Waals surface area contributed by atoms with Crippen molar-refractivity contribution in [2.24, 2.45) is 0 Å². The smallest absolute Gasteiger partial charge is 0.162 e. The van der Waals surface area contributed by atoms with E-state index >= 15 is 0 Å². The van der Waals surface area contributed by atoms with Crippen LogP contribution in [0.4, 0.5) is 17.1 Å². The Labute approximate surface area is 226 Å². The number of benzene rings is 4. The Morgan fingerprint density at radius 2 is 1.36 bits per heavy atom. The van der Waals surface area contributed by atoms with Gasteiger partial charge in [-0.3, -0.25) is 4.98 Å². The molecule has 0 bridgehead atoms. The third kappa shape index (κ3) is 3.57.